The number of aliphatic imine (C=N–C) groups is 1. The van der Waals surface area contributed by atoms with Gasteiger partial charge in [-0.2, -0.15) is 0 Å². The summed E-state index contributed by atoms with van der Waals surface area (Å²) in [5, 5.41) is 26.1. The minimum atomic E-state index is -1.03. The summed E-state index contributed by atoms with van der Waals surface area (Å²) in [6, 6.07) is 0. The summed E-state index contributed by atoms with van der Waals surface area (Å²) in [6.45, 7) is 5.75. The van der Waals surface area contributed by atoms with Crippen molar-refractivity contribution in [2.45, 2.75) is 33.3 Å². The lowest BCUT2D eigenvalue weighted by atomic mass is 9.85. The highest BCUT2D eigenvalue weighted by molar-refractivity contribution is 7.17. The van der Waals surface area contributed by atoms with Crippen LogP contribution in [0.2, 0.25) is 0 Å². The summed E-state index contributed by atoms with van der Waals surface area (Å²) < 4.78 is 5.54. The molecule has 0 aliphatic carbocycles. The molecule has 1 unspecified atom stereocenters. The number of carboxylic acids is 1. The first-order valence-electron chi connectivity index (χ1n) is 9.14. The molecule has 9 nitrogen and oxygen atoms in total. The Morgan fingerprint density at radius 2 is 2.03 bits per heavy atom. The number of nitrogens with one attached hydrogen (secondary N) is 2. The zero-order valence-electron chi connectivity index (χ0n) is 17.2. The smallest absolute Gasteiger partial charge is 0.347 e. The molecule has 0 spiro atoms. The zero-order chi connectivity index (χ0) is 22.6. The van der Waals surface area contributed by atoms with Gasteiger partial charge in [-0.15, -0.1) is 0 Å². The molecule has 1 aromatic heterocycles. The number of piperidine rings is 1. The summed E-state index contributed by atoms with van der Waals surface area (Å²) >= 11 is 7.12. The molecule has 2 atom stereocenters. The van der Waals surface area contributed by atoms with Crippen LogP contribution < -0.4 is 4.90 Å². The van der Waals surface area contributed by atoms with Crippen LogP contribution in [0.5, 0.6) is 0 Å². The van der Waals surface area contributed by atoms with E-state index < -0.39 is 23.8 Å². The van der Waals surface area contributed by atoms with Gasteiger partial charge in [0, 0.05) is 26.1 Å². The van der Waals surface area contributed by atoms with Crippen molar-refractivity contribution in [3.63, 3.8) is 0 Å². The lowest BCUT2D eigenvalue weighted by molar-refractivity contribution is -0.107. The molecule has 1 fully saturated rings. The maximum atomic E-state index is 12.9. The number of anilines is 1. The Kier molecular flexibility index (Phi) is 7.99. The Bertz CT molecular complexity index is 935. The SMILES string of the molecule is CO[C@H]1CN(c2ncc(C(=O)O)s2)CCC1C(=N)C(=O)C(=NC(Cl)=C(C)C)C(C)=N. The number of thiazole rings is 1. The number of Topliss-reactive ketones (excluding diaryl/α,β-unsaturated/α-hetero) is 1. The van der Waals surface area contributed by atoms with Gasteiger partial charge in [0.05, 0.1) is 23.7 Å². The molecule has 162 valence electrons. The Labute approximate surface area is 183 Å². The standard InChI is InChI=1S/C19H24ClN5O4S/c1-9(2)17(20)24-15(10(3)21)16(26)14(22)11-5-6-25(8-12(11)29-4)19-23-7-13(30-19)18(27)28/h7,11-12,21-22H,5-6,8H2,1-4H3,(H,27,28)/t11?,12-/m0/s1. The minimum absolute atomic E-state index is 0.0699. The van der Waals surface area contributed by atoms with Crippen LogP contribution in [0.1, 0.15) is 36.9 Å². The van der Waals surface area contributed by atoms with Crippen molar-refractivity contribution >= 4 is 57.0 Å². The fourth-order valence-electron chi connectivity index (χ4n) is 2.98. The topological polar surface area (TPSA) is 140 Å². The molecule has 3 N–H and O–H groups in total. The number of carbonyl (C=O) groups excluding carboxylic acids is 1. The van der Waals surface area contributed by atoms with E-state index in [2.05, 4.69) is 9.98 Å². The van der Waals surface area contributed by atoms with Crippen LogP contribution in [0.3, 0.4) is 0 Å². The Balaban J connectivity index is 2.21. The molecule has 11 heteroatoms. The molecule has 1 aliphatic heterocycles. The molecule has 1 aliphatic rings. The van der Waals surface area contributed by atoms with E-state index in [1.54, 1.807) is 13.8 Å². The summed E-state index contributed by atoms with van der Waals surface area (Å²) in [4.78, 5) is 34.2. The highest BCUT2D eigenvalue weighted by atomic mass is 35.5. The number of aromatic carboxylic acids is 1. The summed E-state index contributed by atoms with van der Waals surface area (Å²) in [5.41, 5.74) is 0.284. The molecule has 0 saturated carbocycles. The van der Waals surface area contributed by atoms with Crippen LogP contribution >= 0.6 is 22.9 Å². The van der Waals surface area contributed by atoms with Crippen molar-refractivity contribution < 1.29 is 19.4 Å². The van der Waals surface area contributed by atoms with Crippen molar-refractivity contribution in [2.75, 3.05) is 25.1 Å². The fraction of sp³-hybridized carbons (Fsp3) is 0.474. The number of rotatable bonds is 8. The maximum Gasteiger partial charge on any atom is 0.347 e. The number of allylic oxidation sites excluding steroid dienone is 1. The van der Waals surface area contributed by atoms with E-state index in [1.807, 2.05) is 4.90 Å². The second kappa shape index (κ2) is 10.1. The van der Waals surface area contributed by atoms with E-state index in [9.17, 15) is 9.59 Å². The summed E-state index contributed by atoms with van der Waals surface area (Å²) in [5.74, 6) is -2.18. The predicted molar refractivity (Wildman–Crippen MR) is 118 cm³/mol. The lowest BCUT2D eigenvalue weighted by Gasteiger charge is -2.37. The van der Waals surface area contributed by atoms with Crippen LogP contribution in [0.25, 0.3) is 0 Å². The number of carboxylic acid groups (broad SMARTS) is 1. The number of halogens is 1. The lowest BCUT2D eigenvalue weighted by Crippen LogP contribution is -2.50. The molecule has 2 rings (SSSR count). The van der Waals surface area contributed by atoms with Gasteiger partial charge in [0.2, 0.25) is 5.78 Å². The van der Waals surface area contributed by atoms with Crippen molar-refractivity contribution in [2.24, 2.45) is 10.9 Å². The van der Waals surface area contributed by atoms with E-state index in [4.69, 9.17) is 32.3 Å². The van der Waals surface area contributed by atoms with Gasteiger partial charge in [-0.25, -0.2) is 14.8 Å². The van der Waals surface area contributed by atoms with Gasteiger partial charge in [-0.05, 0) is 32.8 Å². The van der Waals surface area contributed by atoms with Crippen molar-refractivity contribution in [3.05, 3.63) is 21.8 Å². The van der Waals surface area contributed by atoms with Gasteiger partial charge in [0.25, 0.3) is 0 Å². The predicted octanol–water partition coefficient (Wildman–Crippen LogP) is 3.24. The van der Waals surface area contributed by atoms with E-state index in [-0.39, 0.29) is 27.2 Å². The Hall–Kier alpha value is -2.43. The fourth-order valence-corrected chi connectivity index (χ4v) is 3.85. The highest BCUT2D eigenvalue weighted by Gasteiger charge is 2.37. The first-order chi connectivity index (χ1) is 14.1. The molecule has 1 aromatic rings. The van der Waals surface area contributed by atoms with Gasteiger partial charge in [0.1, 0.15) is 15.7 Å². The average Bonchev–Trinajstić information content (AvgIpc) is 3.20. The normalized spacial score (nSPS) is 19.4. The van der Waals surface area contributed by atoms with Gasteiger partial charge in [-0.1, -0.05) is 22.9 Å². The molecule has 0 radical (unpaired) electrons. The first-order valence-corrected chi connectivity index (χ1v) is 10.3. The number of hydrogen-bond donors (Lipinski definition) is 3. The molecule has 0 bridgehead atoms. The van der Waals surface area contributed by atoms with E-state index in [1.165, 1.54) is 20.2 Å². The minimum Gasteiger partial charge on any atom is -0.477 e. The van der Waals surface area contributed by atoms with Crippen LogP contribution in [0.15, 0.2) is 21.9 Å². The summed E-state index contributed by atoms with van der Waals surface area (Å²) in [7, 11) is 1.50. The van der Waals surface area contributed by atoms with E-state index in [0.717, 1.165) is 11.3 Å². The quantitative estimate of drug-likeness (QED) is 0.407. The Morgan fingerprint density at radius 1 is 1.37 bits per heavy atom. The van der Waals surface area contributed by atoms with Crippen LogP contribution in [-0.2, 0) is 9.53 Å². The van der Waals surface area contributed by atoms with E-state index >= 15 is 0 Å². The van der Waals surface area contributed by atoms with Gasteiger partial charge < -0.3 is 25.6 Å². The molecule has 0 aromatic carbocycles. The van der Waals surface area contributed by atoms with Crippen LogP contribution in [-0.4, -0.2) is 65.3 Å². The van der Waals surface area contributed by atoms with Gasteiger partial charge >= 0.3 is 5.97 Å². The van der Waals surface area contributed by atoms with Gasteiger partial charge in [-0.3, -0.25) is 4.79 Å². The van der Waals surface area contributed by atoms with Gasteiger partial charge in [0.15, 0.2) is 5.13 Å². The van der Waals surface area contributed by atoms with Crippen LogP contribution in [0.4, 0.5) is 5.13 Å². The number of aromatic nitrogens is 1. The number of nitrogens with zero attached hydrogens (tertiary/aromatic N) is 3. The highest BCUT2D eigenvalue weighted by Crippen LogP contribution is 2.29. The number of hydrogen-bond acceptors (Lipinski definition) is 9. The zero-order valence-corrected chi connectivity index (χ0v) is 18.7. The van der Waals surface area contributed by atoms with Crippen molar-refractivity contribution in [3.8, 4) is 0 Å². The molecule has 0 amide bonds. The van der Waals surface area contributed by atoms with Crippen molar-refractivity contribution in [1.29, 1.82) is 10.8 Å². The maximum absolute atomic E-state index is 12.9. The number of ketones is 1. The average molecular weight is 454 g/mol. The second-order valence-corrected chi connectivity index (χ2v) is 8.41. The van der Waals surface area contributed by atoms with E-state index in [0.29, 0.717) is 30.2 Å². The third-order valence-electron chi connectivity index (χ3n) is 4.64. The summed E-state index contributed by atoms with van der Waals surface area (Å²) in [6.07, 6.45) is 1.27. The number of methoxy groups -OCH3 is 1. The number of carbonyl (C=O) groups is 2. The largest absolute Gasteiger partial charge is 0.477 e. The first kappa shape index (κ1) is 23.8. The van der Waals surface area contributed by atoms with Crippen LogP contribution in [0, 0.1) is 16.7 Å². The monoisotopic (exact) mass is 453 g/mol. The molecule has 2 heterocycles. The molecule has 1 saturated heterocycles. The molecular formula is C19H24ClN5O4S. The third kappa shape index (κ3) is 5.38. The second-order valence-electron chi connectivity index (χ2n) is 7.05. The Morgan fingerprint density at radius 3 is 2.53 bits per heavy atom. The molecular weight excluding hydrogens is 430 g/mol. The molecule has 30 heavy (non-hydrogen) atoms. The van der Waals surface area contributed by atoms with Crippen molar-refractivity contribution in [1.82, 2.24) is 4.98 Å². The number of ether oxygens (including phenoxy) is 1. The third-order valence-corrected chi connectivity index (χ3v) is 6.15.